The highest BCUT2D eigenvalue weighted by Gasteiger charge is 2.18. The van der Waals surface area contributed by atoms with Gasteiger partial charge in [-0.2, -0.15) is 5.10 Å². The van der Waals surface area contributed by atoms with Crippen molar-refractivity contribution in [2.24, 2.45) is 7.05 Å². The summed E-state index contributed by atoms with van der Waals surface area (Å²) >= 11 is 0. The van der Waals surface area contributed by atoms with Crippen LogP contribution in [0.3, 0.4) is 0 Å². The highest BCUT2D eigenvalue weighted by atomic mass is 16.5. The number of hydrogen-bond acceptors (Lipinski definition) is 4. The number of nitrogens with zero attached hydrogens (tertiary/aromatic N) is 2. The number of amides is 1. The Kier molecular flexibility index (Phi) is 4.39. The van der Waals surface area contributed by atoms with Crippen molar-refractivity contribution in [3.63, 3.8) is 0 Å². The summed E-state index contributed by atoms with van der Waals surface area (Å²) in [6.45, 7) is 1.26. The highest BCUT2D eigenvalue weighted by Crippen LogP contribution is 2.21. The predicted molar refractivity (Wildman–Crippen MR) is 82.1 cm³/mol. The number of anilines is 1. The average Bonchev–Trinajstić information content (AvgIpc) is 3.17. The van der Waals surface area contributed by atoms with E-state index in [0.29, 0.717) is 23.6 Å². The molecule has 1 aliphatic rings. The molecule has 2 aromatic rings. The van der Waals surface area contributed by atoms with Gasteiger partial charge in [0.2, 0.25) is 0 Å². The van der Waals surface area contributed by atoms with Crippen molar-refractivity contribution in [2.45, 2.75) is 18.9 Å². The third-order valence-electron chi connectivity index (χ3n) is 3.54. The first kappa shape index (κ1) is 14.6. The molecular weight excluding hydrogens is 282 g/mol. The Balaban J connectivity index is 1.68. The van der Waals surface area contributed by atoms with Gasteiger partial charge >= 0.3 is 0 Å². The van der Waals surface area contributed by atoms with Gasteiger partial charge in [0.05, 0.1) is 23.6 Å². The second-order valence-electron chi connectivity index (χ2n) is 5.30. The molecule has 0 radical (unpaired) electrons. The number of aryl methyl sites for hydroxylation is 1. The van der Waals surface area contributed by atoms with E-state index in [-0.39, 0.29) is 12.0 Å². The van der Waals surface area contributed by atoms with Crippen LogP contribution in [0.4, 0.5) is 5.69 Å². The normalized spacial score (nSPS) is 17.4. The minimum atomic E-state index is -0.212. The summed E-state index contributed by atoms with van der Waals surface area (Å²) in [5.41, 5.74) is 1.16. The molecule has 1 aromatic heterocycles. The summed E-state index contributed by atoms with van der Waals surface area (Å²) in [6, 6.07) is 7.21. The van der Waals surface area contributed by atoms with Crippen molar-refractivity contribution in [3.05, 3.63) is 42.2 Å². The number of nitrogens with one attached hydrogen (secondary N) is 1. The number of ether oxygens (including phenoxy) is 2. The number of para-hydroxylation sites is 1. The van der Waals surface area contributed by atoms with Crippen molar-refractivity contribution in [1.29, 1.82) is 0 Å². The fourth-order valence-corrected chi connectivity index (χ4v) is 2.42. The van der Waals surface area contributed by atoms with Gasteiger partial charge < -0.3 is 14.8 Å². The lowest BCUT2D eigenvalue weighted by molar-refractivity contribution is 0.0673. The van der Waals surface area contributed by atoms with Crippen LogP contribution in [0.5, 0.6) is 5.75 Å². The number of hydrogen-bond donors (Lipinski definition) is 1. The van der Waals surface area contributed by atoms with Gasteiger partial charge in [0.1, 0.15) is 12.4 Å². The fourth-order valence-electron chi connectivity index (χ4n) is 2.42. The fraction of sp³-hybridized carbons (Fsp3) is 0.375. The molecule has 0 spiro atoms. The Morgan fingerprint density at radius 2 is 2.36 bits per heavy atom. The van der Waals surface area contributed by atoms with E-state index in [1.54, 1.807) is 36.3 Å². The first-order valence-electron chi connectivity index (χ1n) is 7.36. The summed E-state index contributed by atoms with van der Waals surface area (Å²) < 4.78 is 12.9. The molecule has 1 saturated heterocycles. The van der Waals surface area contributed by atoms with E-state index >= 15 is 0 Å². The summed E-state index contributed by atoms with van der Waals surface area (Å²) in [5, 5.41) is 6.84. The minimum Gasteiger partial charge on any atom is -0.490 e. The van der Waals surface area contributed by atoms with E-state index < -0.39 is 0 Å². The van der Waals surface area contributed by atoms with E-state index in [2.05, 4.69) is 10.4 Å². The van der Waals surface area contributed by atoms with Crippen LogP contribution in [0.1, 0.15) is 23.2 Å². The maximum absolute atomic E-state index is 12.4. The van der Waals surface area contributed by atoms with Crippen LogP contribution in [0.15, 0.2) is 36.7 Å². The first-order chi connectivity index (χ1) is 10.7. The number of aromatic nitrogens is 2. The summed E-state index contributed by atoms with van der Waals surface area (Å²) in [5.74, 6) is 0.357. The SMILES string of the molecule is Cn1cc(NC(=O)c2ccccc2OCC2CCCO2)cn1. The molecule has 1 fully saturated rings. The van der Waals surface area contributed by atoms with Crippen LogP contribution >= 0.6 is 0 Å². The smallest absolute Gasteiger partial charge is 0.259 e. The van der Waals surface area contributed by atoms with E-state index in [1.165, 1.54) is 0 Å². The zero-order chi connectivity index (χ0) is 15.4. The van der Waals surface area contributed by atoms with Crippen LogP contribution in [0, 0.1) is 0 Å². The minimum absolute atomic E-state index is 0.120. The second kappa shape index (κ2) is 6.62. The summed E-state index contributed by atoms with van der Waals surface area (Å²) in [6.07, 6.45) is 5.54. The van der Waals surface area contributed by atoms with Crippen LogP contribution in [-0.2, 0) is 11.8 Å². The molecule has 1 aliphatic heterocycles. The van der Waals surface area contributed by atoms with Crippen molar-refractivity contribution in [2.75, 3.05) is 18.5 Å². The third-order valence-corrected chi connectivity index (χ3v) is 3.54. The van der Waals surface area contributed by atoms with Crippen LogP contribution in [-0.4, -0.2) is 35.0 Å². The van der Waals surface area contributed by atoms with Gasteiger partial charge in [-0.3, -0.25) is 9.48 Å². The first-order valence-corrected chi connectivity index (χ1v) is 7.36. The highest BCUT2D eigenvalue weighted by molar-refractivity contribution is 6.06. The summed E-state index contributed by atoms with van der Waals surface area (Å²) in [7, 11) is 1.80. The molecule has 0 saturated carbocycles. The molecule has 1 unspecified atom stereocenters. The lowest BCUT2D eigenvalue weighted by atomic mass is 10.2. The van der Waals surface area contributed by atoms with Gasteiger partial charge in [0.25, 0.3) is 5.91 Å². The molecule has 0 bridgehead atoms. The monoisotopic (exact) mass is 301 g/mol. The molecular formula is C16H19N3O3. The zero-order valence-corrected chi connectivity index (χ0v) is 12.5. The molecule has 6 nitrogen and oxygen atoms in total. The Bertz CT molecular complexity index is 648. The Morgan fingerprint density at radius 3 is 3.09 bits per heavy atom. The van der Waals surface area contributed by atoms with Gasteiger partial charge in [-0.25, -0.2) is 0 Å². The number of rotatable bonds is 5. The van der Waals surface area contributed by atoms with Gasteiger partial charge in [0, 0.05) is 19.9 Å². The zero-order valence-electron chi connectivity index (χ0n) is 12.5. The number of carbonyl (C=O) groups excluding carboxylic acids is 1. The van der Waals surface area contributed by atoms with Gasteiger partial charge in [-0.15, -0.1) is 0 Å². The third kappa shape index (κ3) is 3.46. The Morgan fingerprint density at radius 1 is 1.50 bits per heavy atom. The molecule has 1 amide bonds. The largest absolute Gasteiger partial charge is 0.490 e. The molecule has 2 heterocycles. The molecule has 1 N–H and O–H groups in total. The molecule has 3 rings (SSSR count). The molecule has 0 aliphatic carbocycles. The number of carbonyl (C=O) groups is 1. The second-order valence-corrected chi connectivity index (χ2v) is 5.30. The Hall–Kier alpha value is -2.34. The topological polar surface area (TPSA) is 65.4 Å². The molecule has 1 atom stereocenters. The molecule has 1 aromatic carbocycles. The van der Waals surface area contributed by atoms with E-state index in [4.69, 9.17) is 9.47 Å². The maximum atomic E-state index is 12.4. The van der Waals surface area contributed by atoms with Gasteiger partial charge in [0.15, 0.2) is 0 Å². The lowest BCUT2D eigenvalue weighted by Gasteiger charge is -2.14. The lowest BCUT2D eigenvalue weighted by Crippen LogP contribution is -2.19. The molecule has 22 heavy (non-hydrogen) atoms. The molecule has 6 heteroatoms. The van der Waals surface area contributed by atoms with Crippen LogP contribution in [0.2, 0.25) is 0 Å². The van der Waals surface area contributed by atoms with Gasteiger partial charge in [-0.1, -0.05) is 12.1 Å². The quantitative estimate of drug-likeness (QED) is 0.919. The standard InChI is InChI=1S/C16H19N3O3/c1-19-10-12(9-17-19)18-16(20)14-6-2-3-7-15(14)22-11-13-5-4-8-21-13/h2-3,6-7,9-10,13H,4-5,8,11H2,1H3,(H,18,20). The predicted octanol–water partition coefficient (Wildman–Crippen LogP) is 2.23. The van der Waals surface area contributed by atoms with Crippen molar-refractivity contribution < 1.29 is 14.3 Å². The van der Waals surface area contributed by atoms with Crippen molar-refractivity contribution in [1.82, 2.24) is 9.78 Å². The maximum Gasteiger partial charge on any atom is 0.259 e. The van der Waals surface area contributed by atoms with Crippen molar-refractivity contribution in [3.8, 4) is 5.75 Å². The molecule has 116 valence electrons. The van der Waals surface area contributed by atoms with Crippen molar-refractivity contribution >= 4 is 11.6 Å². The van der Waals surface area contributed by atoms with E-state index in [9.17, 15) is 4.79 Å². The van der Waals surface area contributed by atoms with Crippen LogP contribution < -0.4 is 10.1 Å². The summed E-state index contributed by atoms with van der Waals surface area (Å²) in [4.78, 5) is 12.4. The van der Waals surface area contributed by atoms with Gasteiger partial charge in [-0.05, 0) is 25.0 Å². The van der Waals surface area contributed by atoms with E-state index in [1.807, 2.05) is 12.1 Å². The number of benzene rings is 1. The van der Waals surface area contributed by atoms with E-state index in [0.717, 1.165) is 19.4 Å². The van der Waals surface area contributed by atoms with Crippen LogP contribution in [0.25, 0.3) is 0 Å². The Labute approximate surface area is 129 Å². The average molecular weight is 301 g/mol.